The van der Waals surface area contributed by atoms with E-state index in [9.17, 15) is 19.8 Å². The van der Waals surface area contributed by atoms with Gasteiger partial charge in [0.15, 0.2) is 0 Å². The monoisotopic (exact) mass is 1140 g/mol. The molecule has 0 aromatic heterocycles. The standard InChI is InChI=1S/C75H143NO5/c1-3-5-7-9-11-13-15-16-42-46-49-53-57-61-65-69-75(80)81-70-66-62-58-54-50-47-44-41-39-37-35-33-31-29-27-25-23-21-19-17-18-20-22-24-26-28-30-32-34-36-38-40-43-45-48-52-56-60-64-68-74(79)76-72(71-77)73(78)67-63-59-55-51-14-12-10-8-6-4-2/h16-18,42,63,67,72-73,77-78H,3-15,19-41,43-62,64-66,68-71H2,1-2H3,(H,76,79)/b18-17-,42-16-,67-63+. The first-order valence-electron chi connectivity index (χ1n) is 36.8. The molecule has 1 amide bonds. The van der Waals surface area contributed by atoms with Gasteiger partial charge in [-0.15, -0.1) is 0 Å². The van der Waals surface area contributed by atoms with Crippen LogP contribution in [0, 0.1) is 0 Å². The Balaban J connectivity index is 3.30. The molecule has 81 heavy (non-hydrogen) atoms. The first kappa shape index (κ1) is 79.1. The van der Waals surface area contributed by atoms with Crippen LogP contribution in [0.2, 0.25) is 0 Å². The summed E-state index contributed by atoms with van der Waals surface area (Å²) in [6.45, 7) is 4.90. The van der Waals surface area contributed by atoms with Crippen LogP contribution in [0.5, 0.6) is 0 Å². The molecule has 3 N–H and O–H groups in total. The van der Waals surface area contributed by atoms with Crippen LogP contribution in [0.3, 0.4) is 0 Å². The highest BCUT2D eigenvalue weighted by Crippen LogP contribution is 2.19. The molecule has 0 heterocycles. The number of rotatable bonds is 69. The van der Waals surface area contributed by atoms with Crippen molar-refractivity contribution >= 4 is 11.9 Å². The van der Waals surface area contributed by atoms with Gasteiger partial charge >= 0.3 is 5.97 Å². The third-order valence-corrected chi connectivity index (χ3v) is 17.1. The molecule has 2 unspecified atom stereocenters. The number of nitrogens with one attached hydrogen (secondary N) is 1. The van der Waals surface area contributed by atoms with E-state index in [1.807, 2.05) is 6.08 Å². The van der Waals surface area contributed by atoms with Crippen LogP contribution in [0.25, 0.3) is 0 Å². The summed E-state index contributed by atoms with van der Waals surface area (Å²) in [5, 5.41) is 23.0. The van der Waals surface area contributed by atoms with Gasteiger partial charge in [0.05, 0.1) is 25.4 Å². The smallest absolute Gasteiger partial charge is 0.305 e. The number of amides is 1. The molecule has 6 nitrogen and oxygen atoms in total. The zero-order valence-corrected chi connectivity index (χ0v) is 54.8. The second-order valence-corrected chi connectivity index (χ2v) is 25.3. The summed E-state index contributed by atoms with van der Waals surface area (Å²) in [7, 11) is 0. The van der Waals surface area contributed by atoms with E-state index >= 15 is 0 Å². The van der Waals surface area contributed by atoms with Gasteiger partial charge in [0, 0.05) is 12.8 Å². The number of unbranched alkanes of at least 4 members (excludes halogenated alkanes) is 54. The molecule has 0 saturated carbocycles. The van der Waals surface area contributed by atoms with Crippen molar-refractivity contribution in [2.45, 2.75) is 418 Å². The second-order valence-electron chi connectivity index (χ2n) is 25.3. The Hall–Kier alpha value is -1.92. The van der Waals surface area contributed by atoms with E-state index in [4.69, 9.17) is 4.74 Å². The van der Waals surface area contributed by atoms with Crippen molar-refractivity contribution in [1.82, 2.24) is 5.32 Å². The molecule has 6 heteroatoms. The van der Waals surface area contributed by atoms with Gasteiger partial charge in [-0.1, -0.05) is 346 Å². The van der Waals surface area contributed by atoms with E-state index in [0.717, 1.165) is 44.9 Å². The van der Waals surface area contributed by atoms with Crippen molar-refractivity contribution in [3.63, 3.8) is 0 Å². The minimum Gasteiger partial charge on any atom is -0.466 e. The van der Waals surface area contributed by atoms with Gasteiger partial charge in [-0.25, -0.2) is 0 Å². The Labute approximate surface area is 506 Å². The van der Waals surface area contributed by atoms with Crippen molar-refractivity contribution in [2.75, 3.05) is 13.2 Å². The first-order valence-corrected chi connectivity index (χ1v) is 36.8. The number of hydrogen-bond acceptors (Lipinski definition) is 5. The third-order valence-electron chi connectivity index (χ3n) is 17.1. The lowest BCUT2D eigenvalue weighted by atomic mass is 10.0. The topological polar surface area (TPSA) is 95.9 Å². The normalized spacial score (nSPS) is 12.7. The molecule has 0 rings (SSSR count). The maximum atomic E-state index is 12.4. The lowest BCUT2D eigenvalue weighted by Gasteiger charge is -2.20. The summed E-state index contributed by atoms with van der Waals surface area (Å²) in [4.78, 5) is 24.5. The second kappa shape index (κ2) is 70.6. The fourth-order valence-corrected chi connectivity index (χ4v) is 11.5. The zero-order valence-electron chi connectivity index (χ0n) is 54.8. The molecule has 0 fully saturated rings. The molecule has 0 aromatic rings. The lowest BCUT2D eigenvalue weighted by Crippen LogP contribution is -2.45. The summed E-state index contributed by atoms with van der Waals surface area (Å²) in [5.41, 5.74) is 0. The molecule has 0 aliphatic heterocycles. The van der Waals surface area contributed by atoms with Gasteiger partial charge in [-0.05, 0) is 83.5 Å². The van der Waals surface area contributed by atoms with Crippen LogP contribution in [0.1, 0.15) is 406 Å². The van der Waals surface area contributed by atoms with Crippen molar-refractivity contribution in [1.29, 1.82) is 0 Å². The molecule has 0 spiro atoms. The summed E-state index contributed by atoms with van der Waals surface area (Å²) in [5.74, 6) is -0.0495. The van der Waals surface area contributed by atoms with Gasteiger partial charge in [0.1, 0.15) is 0 Å². The van der Waals surface area contributed by atoms with E-state index in [2.05, 4.69) is 43.5 Å². The average molecular weight is 1140 g/mol. The summed E-state index contributed by atoms with van der Waals surface area (Å²) in [6, 6.07) is -0.623. The average Bonchev–Trinajstić information content (AvgIpc) is 3.47. The maximum Gasteiger partial charge on any atom is 0.305 e. The third kappa shape index (κ3) is 67.1. The van der Waals surface area contributed by atoms with Gasteiger partial charge < -0.3 is 20.3 Å². The number of esters is 1. The first-order chi connectivity index (χ1) is 40.0. The highest BCUT2D eigenvalue weighted by atomic mass is 16.5. The highest BCUT2D eigenvalue weighted by molar-refractivity contribution is 5.76. The molecular formula is C75H143NO5. The molecule has 0 aliphatic rings. The Morgan fingerprint density at radius 2 is 0.580 bits per heavy atom. The van der Waals surface area contributed by atoms with Crippen LogP contribution in [-0.2, 0) is 14.3 Å². The number of aliphatic hydroxyl groups is 2. The van der Waals surface area contributed by atoms with Crippen LogP contribution < -0.4 is 5.32 Å². The van der Waals surface area contributed by atoms with Gasteiger partial charge in [-0.3, -0.25) is 9.59 Å². The highest BCUT2D eigenvalue weighted by Gasteiger charge is 2.18. The largest absolute Gasteiger partial charge is 0.466 e. The molecule has 0 saturated heterocycles. The summed E-state index contributed by atoms with van der Waals surface area (Å²) in [6.07, 6.45) is 91.2. The van der Waals surface area contributed by atoms with Crippen molar-refractivity contribution < 1.29 is 24.5 Å². The van der Waals surface area contributed by atoms with Gasteiger partial charge in [0.2, 0.25) is 5.91 Å². The fourth-order valence-electron chi connectivity index (χ4n) is 11.5. The molecule has 478 valence electrons. The predicted octanol–water partition coefficient (Wildman–Crippen LogP) is 23.9. The van der Waals surface area contributed by atoms with Crippen LogP contribution >= 0.6 is 0 Å². The lowest BCUT2D eigenvalue weighted by molar-refractivity contribution is -0.143. The van der Waals surface area contributed by atoms with Crippen LogP contribution in [0.4, 0.5) is 0 Å². The predicted molar refractivity (Wildman–Crippen MR) is 356 cm³/mol. The number of hydrogen-bond donors (Lipinski definition) is 3. The van der Waals surface area contributed by atoms with E-state index < -0.39 is 12.1 Å². The summed E-state index contributed by atoms with van der Waals surface area (Å²) >= 11 is 0. The van der Waals surface area contributed by atoms with Crippen LogP contribution in [0.15, 0.2) is 36.5 Å². The zero-order chi connectivity index (χ0) is 58.5. The van der Waals surface area contributed by atoms with Crippen LogP contribution in [-0.4, -0.2) is 47.4 Å². The van der Waals surface area contributed by atoms with Gasteiger partial charge in [-0.2, -0.15) is 0 Å². The molecule has 0 aromatic carbocycles. The number of allylic oxidation sites excluding steroid dienone is 5. The van der Waals surface area contributed by atoms with E-state index in [1.54, 1.807) is 6.08 Å². The number of aliphatic hydroxyl groups excluding tert-OH is 2. The quantitative estimate of drug-likeness (QED) is 0.0320. The van der Waals surface area contributed by atoms with E-state index in [0.29, 0.717) is 19.4 Å². The molecule has 0 bridgehead atoms. The van der Waals surface area contributed by atoms with Crippen molar-refractivity contribution in [3.8, 4) is 0 Å². The van der Waals surface area contributed by atoms with Crippen molar-refractivity contribution in [3.05, 3.63) is 36.5 Å². The molecular weight excluding hydrogens is 995 g/mol. The summed E-state index contributed by atoms with van der Waals surface area (Å²) < 4.78 is 5.50. The molecule has 0 aliphatic carbocycles. The minimum absolute atomic E-state index is 0.0147. The number of carbonyl (C=O) groups is 2. The fraction of sp³-hybridized carbons (Fsp3) is 0.893. The Morgan fingerprint density at radius 1 is 0.333 bits per heavy atom. The van der Waals surface area contributed by atoms with Gasteiger partial charge in [0.25, 0.3) is 0 Å². The SMILES string of the molecule is CCCCCCCC/C=C\CCCCCCCC(=O)OCCCCCCCCCCCCCCCCCCCC/C=C\CCCCCCCCCCCCCCCCCCCC(=O)NC(CO)C(O)/C=C/CCCCCCCCCC. The van der Waals surface area contributed by atoms with E-state index in [-0.39, 0.29) is 18.5 Å². The minimum atomic E-state index is -0.839. The molecule has 2 atom stereocenters. The van der Waals surface area contributed by atoms with E-state index in [1.165, 1.54) is 334 Å². The molecule has 0 radical (unpaired) electrons. The number of carbonyl (C=O) groups excluding carboxylic acids is 2. The Morgan fingerprint density at radius 3 is 0.877 bits per heavy atom. The van der Waals surface area contributed by atoms with Crippen molar-refractivity contribution in [2.24, 2.45) is 0 Å². The Kier molecular flexibility index (Phi) is 68.9. The number of ether oxygens (including phenoxy) is 1. The Bertz CT molecular complexity index is 1310. The maximum absolute atomic E-state index is 12.4.